The van der Waals surface area contributed by atoms with Gasteiger partial charge in [0.2, 0.25) is 15.7 Å². The fourth-order valence-corrected chi connectivity index (χ4v) is 5.74. The van der Waals surface area contributed by atoms with E-state index in [1.807, 2.05) is 0 Å². The number of aromatic hydroxyl groups is 1. The molecule has 2 aromatic heterocycles. The number of hydrogen-bond donors (Lipinski definition) is 1. The van der Waals surface area contributed by atoms with Crippen LogP contribution in [0.4, 0.5) is 4.39 Å². The molecule has 4 aromatic rings. The molecular formula is C29H30FN3O6S. The number of ether oxygens (including phenoxy) is 2. The van der Waals surface area contributed by atoms with Crippen LogP contribution >= 0.6 is 0 Å². The zero-order valence-electron chi connectivity index (χ0n) is 22.5. The summed E-state index contributed by atoms with van der Waals surface area (Å²) in [6.45, 7) is 5.17. The third kappa shape index (κ3) is 5.81. The van der Waals surface area contributed by atoms with Gasteiger partial charge in [0.25, 0.3) is 5.56 Å². The van der Waals surface area contributed by atoms with Crippen molar-refractivity contribution in [3.05, 3.63) is 100 Å². The highest BCUT2D eigenvalue weighted by molar-refractivity contribution is 7.91. The lowest BCUT2D eigenvalue weighted by atomic mass is 10.0. The van der Waals surface area contributed by atoms with Crippen molar-refractivity contribution >= 4 is 9.84 Å². The molecule has 0 bridgehead atoms. The van der Waals surface area contributed by atoms with Gasteiger partial charge in [-0.25, -0.2) is 12.8 Å². The summed E-state index contributed by atoms with van der Waals surface area (Å²) in [6.07, 6.45) is 2.84. The van der Waals surface area contributed by atoms with Crippen LogP contribution in [0.5, 0.6) is 5.88 Å². The van der Waals surface area contributed by atoms with Gasteiger partial charge in [-0.05, 0) is 55.7 Å². The van der Waals surface area contributed by atoms with Crippen LogP contribution in [0, 0.1) is 12.7 Å². The van der Waals surface area contributed by atoms with Gasteiger partial charge >= 0.3 is 0 Å². The molecule has 2 heterocycles. The number of aryl methyl sites for hydroxylation is 1. The molecule has 0 saturated heterocycles. The fourth-order valence-electron chi connectivity index (χ4n) is 4.38. The molecule has 0 saturated carbocycles. The van der Waals surface area contributed by atoms with Crippen LogP contribution in [0.25, 0.3) is 11.1 Å². The van der Waals surface area contributed by atoms with Crippen LogP contribution in [-0.2, 0) is 25.9 Å². The van der Waals surface area contributed by atoms with Crippen molar-refractivity contribution in [1.29, 1.82) is 0 Å². The number of sulfone groups is 1. The predicted molar refractivity (Wildman–Crippen MR) is 146 cm³/mol. The molecule has 0 fully saturated rings. The maximum absolute atomic E-state index is 15.3. The second-order valence-electron chi connectivity index (χ2n) is 9.43. The number of nitrogens with zero attached hydrogens (tertiary/aromatic N) is 3. The van der Waals surface area contributed by atoms with Gasteiger partial charge in [0.15, 0.2) is 4.90 Å². The average molecular weight is 568 g/mol. The van der Waals surface area contributed by atoms with Gasteiger partial charge in [-0.3, -0.25) is 14.3 Å². The first-order valence-corrected chi connectivity index (χ1v) is 14.0. The molecule has 2 aromatic carbocycles. The van der Waals surface area contributed by atoms with Crippen molar-refractivity contribution in [2.75, 3.05) is 13.7 Å². The van der Waals surface area contributed by atoms with Crippen LogP contribution in [0.1, 0.15) is 36.8 Å². The molecule has 1 atom stereocenters. The molecule has 210 valence electrons. The zero-order valence-corrected chi connectivity index (χ0v) is 23.4. The Morgan fingerprint density at radius 3 is 2.42 bits per heavy atom. The van der Waals surface area contributed by atoms with Crippen molar-refractivity contribution in [3.8, 4) is 17.0 Å². The Labute approximate surface area is 231 Å². The number of rotatable bonds is 10. The fraction of sp³-hybridized carbons (Fsp3) is 0.276. The van der Waals surface area contributed by atoms with Crippen LogP contribution in [0.15, 0.2) is 81.6 Å². The lowest BCUT2D eigenvalue weighted by molar-refractivity contribution is 0.0554. The molecule has 9 nitrogen and oxygen atoms in total. The van der Waals surface area contributed by atoms with Crippen LogP contribution < -0.4 is 5.56 Å². The van der Waals surface area contributed by atoms with E-state index in [9.17, 15) is 18.3 Å². The topological polar surface area (TPSA) is 121 Å². The second-order valence-corrected chi connectivity index (χ2v) is 11.3. The van der Waals surface area contributed by atoms with Crippen molar-refractivity contribution in [2.24, 2.45) is 0 Å². The molecule has 4 rings (SSSR count). The second kappa shape index (κ2) is 12.1. The molecule has 0 amide bonds. The highest BCUT2D eigenvalue weighted by Gasteiger charge is 2.33. The first-order valence-electron chi connectivity index (χ1n) is 12.5. The quantitative estimate of drug-likeness (QED) is 0.298. The van der Waals surface area contributed by atoms with E-state index in [0.29, 0.717) is 16.7 Å². The van der Waals surface area contributed by atoms with E-state index in [-0.39, 0.29) is 30.7 Å². The van der Waals surface area contributed by atoms with Gasteiger partial charge in [-0.2, -0.15) is 4.98 Å². The van der Waals surface area contributed by atoms with Crippen LogP contribution in [0.2, 0.25) is 0 Å². The predicted octanol–water partition coefficient (Wildman–Crippen LogP) is 4.45. The highest BCUT2D eigenvalue weighted by atomic mass is 32.2. The molecule has 0 aliphatic rings. The average Bonchev–Trinajstić information content (AvgIpc) is 2.91. The molecule has 40 heavy (non-hydrogen) atoms. The van der Waals surface area contributed by atoms with E-state index in [4.69, 9.17) is 9.47 Å². The summed E-state index contributed by atoms with van der Waals surface area (Å²) < 4.78 is 55.0. The molecule has 0 aliphatic carbocycles. The Kier molecular flexibility index (Phi) is 8.77. The summed E-state index contributed by atoms with van der Waals surface area (Å²) >= 11 is 0. The molecular weight excluding hydrogens is 537 g/mol. The first kappa shape index (κ1) is 29.1. The Morgan fingerprint density at radius 1 is 1.07 bits per heavy atom. The lowest BCUT2D eigenvalue weighted by Gasteiger charge is -2.26. The largest absolute Gasteiger partial charge is 0.493 e. The van der Waals surface area contributed by atoms with E-state index in [0.717, 1.165) is 6.07 Å². The summed E-state index contributed by atoms with van der Waals surface area (Å²) in [6, 6.07) is 13.1. The van der Waals surface area contributed by atoms with E-state index in [2.05, 4.69) is 9.97 Å². The van der Waals surface area contributed by atoms with Crippen molar-refractivity contribution in [1.82, 2.24) is 14.5 Å². The van der Waals surface area contributed by atoms with Gasteiger partial charge < -0.3 is 14.6 Å². The van der Waals surface area contributed by atoms with E-state index >= 15 is 4.39 Å². The number of halogens is 1. The van der Waals surface area contributed by atoms with Gasteiger partial charge in [-0.1, -0.05) is 36.4 Å². The molecule has 1 N–H and O–H groups in total. The Balaban J connectivity index is 1.91. The minimum absolute atomic E-state index is 0.00995. The van der Waals surface area contributed by atoms with E-state index in [1.54, 1.807) is 63.4 Å². The SMILES string of the molecule is COC[C@@H](c1ccccc1)n1c(COC(C)C)nc(=O)c(S(=O)(=O)c2ccc(-c3ccncc3C)c(F)c2)c1O. The van der Waals surface area contributed by atoms with Gasteiger partial charge in [0.1, 0.15) is 18.2 Å². The number of benzene rings is 2. The normalized spacial score (nSPS) is 12.6. The number of pyridine rings is 1. The Hall–Kier alpha value is -3.93. The van der Waals surface area contributed by atoms with Gasteiger partial charge in [-0.15, -0.1) is 0 Å². The summed E-state index contributed by atoms with van der Waals surface area (Å²) in [5.74, 6) is -1.65. The first-order chi connectivity index (χ1) is 19.1. The Bertz CT molecular complexity index is 1670. The molecule has 0 spiro atoms. The van der Waals surface area contributed by atoms with Crippen LogP contribution in [0.3, 0.4) is 0 Å². The standard InChI is InChI=1S/C29H30FN3O6S/c1-18(2)39-17-26-32-28(34)27(29(35)33(26)25(16-38-4)20-8-6-5-7-9-20)40(36,37)21-10-11-23(24(30)14-21)22-12-13-31-15-19(22)3/h5-15,18,25,35H,16-17H2,1-4H3/t25-/m0/s1. The lowest BCUT2D eigenvalue weighted by Crippen LogP contribution is -2.29. The molecule has 0 unspecified atom stereocenters. The number of hydrogen-bond acceptors (Lipinski definition) is 8. The van der Waals surface area contributed by atoms with E-state index < -0.39 is 42.9 Å². The van der Waals surface area contributed by atoms with Gasteiger partial charge in [0.05, 0.1) is 23.6 Å². The summed E-state index contributed by atoms with van der Waals surface area (Å²) in [5, 5.41) is 11.4. The maximum Gasteiger partial charge on any atom is 0.296 e. The highest BCUT2D eigenvalue weighted by Crippen LogP contribution is 2.34. The van der Waals surface area contributed by atoms with Gasteiger partial charge in [0, 0.05) is 25.1 Å². The Morgan fingerprint density at radius 2 is 1.80 bits per heavy atom. The van der Waals surface area contributed by atoms with Crippen molar-refractivity contribution in [2.45, 2.75) is 49.3 Å². The maximum atomic E-state index is 15.3. The molecule has 0 radical (unpaired) electrons. The van der Waals surface area contributed by atoms with Crippen molar-refractivity contribution < 1.29 is 27.4 Å². The van der Waals surface area contributed by atoms with E-state index in [1.165, 1.54) is 30.0 Å². The minimum atomic E-state index is -4.71. The van der Waals surface area contributed by atoms with Crippen LogP contribution in [-0.4, -0.2) is 47.9 Å². The molecule has 11 heteroatoms. The monoisotopic (exact) mass is 567 g/mol. The third-order valence-corrected chi connectivity index (χ3v) is 8.10. The molecule has 0 aliphatic heterocycles. The third-order valence-electron chi connectivity index (χ3n) is 6.33. The summed E-state index contributed by atoms with van der Waals surface area (Å²) in [7, 11) is -3.25. The number of aromatic nitrogens is 3. The summed E-state index contributed by atoms with van der Waals surface area (Å²) in [4.78, 5) is 19.7. The number of methoxy groups -OCH3 is 1. The smallest absolute Gasteiger partial charge is 0.296 e. The van der Waals surface area contributed by atoms with Crippen molar-refractivity contribution in [3.63, 3.8) is 0 Å². The zero-order chi connectivity index (χ0) is 29.0. The minimum Gasteiger partial charge on any atom is -0.493 e. The summed E-state index contributed by atoms with van der Waals surface area (Å²) in [5.41, 5.74) is 0.898.